The van der Waals surface area contributed by atoms with Crippen molar-refractivity contribution in [3.63, 3.8) is 0 Å². The van der Waals surface area contributed by atoms with E-state index >= 15 is 0 Å². The Hall–Kier alpha value is -2.03. The number of hydrogen-bond acceptors (Lipinski definition) is 7. The first kappa shape index (κ1) is 26.0. The number of nitrogens with one attached hydrogen (secondary N) is 2. The summed E-state index contributed by atoms with van der Waals surface area (Å²) in [6, 6.07) is 6.17. The highest BCUT2D eigenvalue weighted by Gasteiger charge is 2.32. The lowest BCUT2D eigenvalue weighted by atomic mass is 10.0. The largest absolute Gasteiger partial charge is 0.443 e. The van der Waals surface area contributed by atoms with E-state index in [9.17, 15) is 4.79 Å². The van der Waals surface area contributed by atoms with Crippen molar-refractivity contribution in [1.82, 2.24) is 10.7 Å². The molecule has 3 rings (SSSR count). The fourth-order valence-corrected chi connectivity index (χ4v) is 4.21. The fourth-order valence-electron chi connectivity index (χ4n) is 3.57. The average molecular weight is 437 g/mol. The van der Waals surface area contributed by atoms with E-state index in [1.54, 1.807) is 4.90 Å². The number of carbonyl (C=O) groups excluding carboxylic acids is 2. The summed E-state index contributed by atoms with van der Waals surface area (Å²) in [4.78, 5) is 22.7. The van der Waals surface area contributed by atoms with E-state index in [1.807, 2.05) is 38.7 Å². The highest BCUT2D eigenvalue weighted by Crippen LogP contribution is 2.33. The van der Waals surface area contributed by atoms with Gasteiger partial charge in [0.25, 0.3) is 0 Å². The number of likely N-dealkylation sites (N-methyl/N-ethyl adjacent to an activating group) is 1. The quantitative estimate of drug-likeness (QED) is 0.357. The summed E-state index contributed by atoms with van der Waals surface area (Å²) in [6.07, 6.45) is 5.59. The number of anilines is 1. The molecule has 1 fully saturated rings. The molecule has 1 heterocycles. The SMILES string of the molecule is CC.CC=O.CNCC1CN(c2ccc3c(c2)CCCC(CSC)=C3NN)C(=O)O1. The molecule has 1 aromatic rings. The molecule has 168 valence electrons. The van der Waals surface area contributed by atoms with Gasteiger partial charge < -0.3 is 20.3 Å². The van der Waals surface area contributed by atoms with Crippen molar-refractivity contribution in [2.24, 2.45) is 5.84 Å². The molecule has 0 radical (unpaired) electrons. The normalized spacial score (nSPS) is 17.6. The zero-order valence-corrected chi connectivity index (χ0v) is 19.6. The van der Waals surface area contributed by atoms with E-state index in [0.29, 0.717) is 13.1 Å². The number of nitrogens with two attached hydrogens (primary N) is 1. The first-order valence-electron chi connectivity index (χ1n) is 10.4. The molecular weight excluding hydrogens is 400 g/mol. The van der Waals surface area contributed by atoms with Crippen LogP contribution in [0, 0.1) is 0 Å². The van der Waals surface area contributed by atoms with Gasteiger partial charge in [-0.15, -0.1) is 0 Å². The van der Waals surface area contributed by atoms with Crippen LogP contribution < -0.4 is 21.5 Å². The summed E-state index contributed by atoms with van der Waals surface area (Å²) in [5.41, 5.74) is 8.57. The lowest BCUT2D eigenvalue weighted by molar-refractivity contribution is -0.106. The van der Waals surface area contributed by atoms with Crippen LogP contribution in [-0.2, 0) is 16.0 Å². The number of carbonyl (C=O) groups is 2. The molecular formula is C22H36N4O3S. The molecule has 1 aliphatic carbocycles. The highest BCUT2D eigenvalue weighted by atomic mass is 32.2. The van der Waals surface area contributed by atoms with Gasteiger partial charge in [-0.2, -0.15) is 11.8 Å². The van der Waals surface area contributed by atoms with E-state index in [-0.39, 0.29) is 12.2 Å². The predicted molar refractivity (Wildman–Crippen MR) is 127 cm³/mol. The molecule has 2 aliphatic rings. The highest BCUT2D eigenvalue weighted by molar-refractivity contribution is 7.98. The van der Waals surface area contributed by atoms with Gasteiger partial charge in [0.1, 0.15) is 12.4 Å². The maximum Gasteiger partial charge on any atom is 0.414 e. The number of ether oxygens (including phenoxy) is 1. The topological polar surface area (TPSA) is 96.7 Å². The molecule has 4 N–H and O–H groups in total. The number of nitrogens with zero attached hydrogens (tertiary/aromatic N) is 1. The Bertz CT molecular complexity index is 724. The summed E-state index contributed by atoms with van der Waals surface area (Å²) in [5.74, 6) is 6.81. The fraction of sp³-hybridized carbons (Fsp3) is 0.545. The van der Waals surface area contributed by atoms with Gasteiger partial charge in [-0.25, -0.2) is 4.79 Å². The van der Waals surface area contributed by atoms with E-state index in [4.69, 9.17) is 15.4 Å². The van der Waals surface area contributed by atoms with Gasteiger partial charge in [-0.1, -0.05) is 19.9 Å². The van der Waals surface area contributed by atoms with E-state index in [2.05, 4.69) is 29.1 Å². The summed E-state index contributed by atoms with van der Waals surface area (Å²) < 4.78 is 5.41. The Morgan fingerprint density at radius 2 is 2.03 bits per heavy atom. The van der Waals surface area contributed by atoms with Gasteiger partial charge in [0.15, 0.2) is 0 Å². The van der Waals surface area contributed by atoms with Gasteiger partial charge in [0.05, 0.1) is 12.2 Å². The monoisotopic (exact) mass is 436 g/mol. The van der Waals surface area contributed by atoms with E-state index in [1.165, 1.54) is 18.1 Å². The molecule has 0 saturated carbocycles. The molecule has 1 unspecified atom stereocenters. The minimum Gasteiger partial charge on any atom is -0.443 e. The molecule has 8 heteroatoms. The second-order valence-electron chi connectivity index (χ2n) is 6.66. The van der Waals surface area contributed by atoms with Crippen LogP contribution in [0.25, 0.3) is 5.70 Å². The lowest BCUT2D eigenvalue weighted by Crippen LogP contribution is -2.29. The minimum atomic E-state index is -0.274. The Morgan fingerprint density at radius 3 is 2.63 bits per heavy atom. The Balaban J connectivity index is 0.000000826. The van der Waals surface area contributed by atoms with E-state index in [0.717, 1.165) is 48.2 Å². The first-order valence-corrected chi connectivity index (χ1v) is 11.8. The molecule has 0 spiro atoms. The Morgan fingerprint density at radius 1 is 1.33 bits per heavy atom. The first-order chi connectivity index (χ1) is 14.6. The standard InChI is InChI=1S/C18H26N4O2S.C2H4O.C2H6/c1-20-9-15-10-22(18(23)24-15)14-6-7-16-12(8-14)4-3-5-13(11-25-2)17(16)21-19;1-2-3;1-2/h6-8,15,20-21H,3-5,9-11,19H2,1-2H3;2H,1H3;1-2H3. The zero-order valence-electron chi connectivity index (χ0n) is 18.8. The second kappa shape index (κ2) is 14.1. The van der Waals surface area contributed by atoms with Crippen LogP contribution in [-0.4, -0.2) is 50.6 Å². The number of hydrazine groups is 1. The van der Waals surface area contributed by atoms with E-state index < -0.39 is 0 Å². The van der Waals surface area contributed by atoms with Gasteiger partial charge in [-0.3, -0.25) is 10.7 Å². The van der Waals surface area contributed by atoms with Crippen LogP contribution in [0.1, 0.15) is 44.7 Å². The molecule has 1 saturated heterocycles. The minimum absolute atomic E-state index is 0.106. The van der Waals surface area contributed by atoms with Crippen LogP contribution in [0.5, 0.6) is 0 Å². The number of aryl methyl sites for hydroxylation is 1. The molecule has 0 aromatic heterocycles. The average Bonchev–Trinajstić information content (AvgIpc) is 3.02. The van der Waals surface area contributed by atoms with Crippen LogP contribution >= 0.6 is 11.8 Å². The number of hydrogen-bond donors (Lipinski definition) is 3. The molecule has 1 atom stereocenters. The molecule has 1 amide bonds. The predicted octanol–water partition coefficient (Wildman–Crippen LogP) is 3.34. The van der Waals surface area contributed by atoms with Crippen molar-refractivity contribution in [2.75, 3.05) is 37.0 Å². The number of amides is 1. The molecule has 1 aromatic carbocycles. The number of aldehydes is 1. The van der Waals surface area contributed by atoms with Crippen LogP contribution in [0.2, 0.25) is 0 Å². The lowest BCUT2D eigenvalue weighted by Gasteiger charge is -2.18. The third-order valence-electron chi connectivity index (χ3n) is 4.72. The number of benzene rings is 1. The van der Waals surface area contributed by atoms with Gasteiger partial charge in [0, 0.05) is 23.5 Å². The van der Waals surface area contributed by atoms with Crippen molar-refractivity contribution in [3.05, 3.63) is 34.9 Å². The number of cyclic esters (lactones) is 1. The second-order valence-corrected chi connectivity index (χ2v) is 7.53. The molecule has 0 bridgehead atoms. The van der Waals surface area contributed by atoms with Crippen molar-refractivity contribution >= 4 is 35.5 Å². The Kier molecular flexibility index (Phi) is 12.2. The van der Waals surface area contributed by atoms with Crippen molar-refractivity contribution in [2.45, 2.75) is 46.1 Å². The van der Waals surface area contributed by atoms with Crippen LogP contribution in [0.15, 0.2) is 23.8 Å². The van der Waals surface area contributed by atoms with Gasteiger partial charge in [0.2, 0.25) is 0 Å². The van der Waals surface area contributed by atoms with Gasteiger partial charge in [-0.05, 0) is 62.8 Å². The van der Waals surface area contributed by atoms with Crippen molar-refractivity contribution in [1.29, 1.82) is 0 Å². The molecule has 1 aliphatic heterocycles. The summed E-state index contributed by atoms with van der Waals surface area (Å²) >= 11 is 1.81. The number of fused-ring (bicyclic) bond motifs is 1. The summed E-state index contributed by atoms with van der Waals surface area (Å²) in [5, 5.41) is 3.06. The van der Waals surface area contributed by atoms with Gasteiger partial charge >= 0.3 is 6.09 Å². The van der Waals surface area contributed by atoms with Crippen molar-refractivity contribution < 1.29 is 14.3 Å². The summed E-state index contributed by atoms with van der Waals surface area (Å²) in [6.45, 7) is 6.68. The Labute approximate surface area is 184 Å². The maximum absolute atomic E-state index is 12.2. The third-order valence-corrected chi connectivity index (χ3v) is 5.35. The van der Waals surface area contributed by atoms with Crippen LogP contribution in [0.3, 0.4) is 0 Å². The summed E-state index contributed by atoms with van der Waals surface area (Å²) in [7, 11) is 1.86. The zero-order chi connectivity index (χ0) is 22.5. The van der Waals surface area contributed by atoms with Crippen molar-refractivity contribution in [3.8, 4) is 0 Å². The number of rotatable bonds is 6. The third kappa shape index (κ3) is 6.75. The maximum atomic E-state index is 12.2. The smallest absolute Gasteiger partial charge is 0.414 e. The van der Waals surface area contributed by atoms with Crippen LogP contribution in [0.4, 0.5) is 10.5 Å². The molecule has 30 heavy (non-hydrogen) atoms. The molecule has 7 nitrogen and oxygen atoms in total. The number of thioether (sulfide) groups is 1.